The van der Waals surface area contributed by atoms with Crippen molar-refractivity contribution in [1.82, 2.24) is 0 Å². The van der Waals surface area contributed by atoms with E-state index in [-0.39, 0.29) is 28.1 Å². The first-order valence-electron chi connectivity index (χ1n) is 5.46. The van der Waals surface area contributed by atoms with E-state index in [1.54, 1.807) is 22.6 Å². The Morgan fingerprint density at radius 2 is 2.25 bits per heavy atom. The average molecular weight is 398 g/mol. The highest BCUT2D eigenvalue weighted by molar-refractivity contribution is 14.1. The molecule has 0 saturated heterocycles. The molecule has 1 rings (SSSR count). The number of hydrogen-bond donors (Lipinski definition) is 1. The van der Waals surface area contributed by atoms with Gasteiger partial charge in [0, 0.05) is 25.8 Å². The summed E-state index contributed by atoms with van der Waals surface area (Å²) in [7, 11) is 1.42. The van der Waals surface area contributed by atoms with Gasteiger partial charge in [-0.3, -0.25) is 14.9 Å². The zero-order valence-corrected chi connectivity index (χ0v) is 12.7. The van der Waals surface area contributed by atoms with Gasteiger partial charge in [-0.2, -0.15) is 0 Å². The maximum Gasteiger partial charge on any atom is 0.323 e. The van der Waals surface area contributed by atoms with Gasteiger partial charge in [-0.25, -0.2) is 4.39 Å². The van der Waals surface area contributed by atoms with E-state index in [9.17, 15) is 19.3 Å². The molecule has 9 heteroatoms. The number of anilines is 1. The van der Waals surface area contributed by atoms with Gasteiger partial charge in [0.15, 0.2) is 0 Å². The maximum absolute atomic E-state index is 13.6. The van der Waals surface area contributed by atoms with E-state index in [4.69, 9.17) is 9.84 Å². The van der Waals surface area contributed by atoms with Crippen LogP contribution in [0.25, 0.3) is 0 Å². The Balaban J connectivity index is 3.25. The van der Waals surface area contributed by atoms with Crippen LogP contribution >= 0.6 is 22.6 Å². The Morgan fingerprint density at radius 3 is 2.75 bits per heavy atom. The molecule has 0 radical (unpaired) electrons. The number of methoxy groups -OCH3 is 1. The molecule has 110 valence electrons. The summed E-state index contributed by atoms with van der Waals surface area (Å²) in [4.78, 5) is 22.4. The standard InChI is InChI=1S/C11H12FIN2O5/c1-20-3-2-14(6-11(16)17)9-4-7(12)8(13)5-10(9)15(18)19/h4-5H,2-3,6H2,1H3,(H,16,17). The molecule has 0 fully saturated rings. The lowest BCUT2D eigenvalue weighted by molar-refractivity contribution is -0.384. The zero-order valence-electron chi connectivity index (χ0n) is 10.5. The highest BCUT2D eigenvalue weighted by Crippen LogP contribution is 2.31. The third-order valence-corrected chi connectivity index (χ3v) is 3.27. The van der Waals surface area contributed by atoms with Gasteiger partial charge < -0.3 is 14.7 Å². The molecule has 0 aromatic heterocycles. The lowest BCUT2D eigenvalue weighted by atomic mass is 10.2. The van der Waals surface area contributed by atoms with Crippen molar-refractivity contribution in [3.05, 3.63) is 31.6 Å². The number of carbonyl (C=O) groups is 1. The lowest BCUT2D eigenvalue weighted by Gasteiger charge is -2.22. The lowest BCUT2D eigenvalue weighted by Crippen LogP contribution is -2.33. The van der Waals surface area contributed by atoms with Crippen molar-refractivity contribution in [2.24, 2.45) is 0 Å². The van der Waals surface area contributed by atoms with Crippen molar-refractivity contribution >= 4 is 39.9 Å². The third-order valence-electron chi connectivity index (χ3n) is 2.45. The molecule has 1 N–H and O–H groups in total. The summed E-state index contributed by atoms with van der Waals surface area (Å²) in [5.74, 6) is -1.81. The van der Waals surface area contributed by atoms with Crippen molar-refractivity contribution in [2.45, 2.75) is 0 Å². The molecule has 0 aliphatic rings. The molecule has 20 heavy (non-hydrogen) atoms. The molecule has 7 nitrogen and oxygen atoms in total. The van der Waals surface area contributed by atoms with Crippen LogP contribution in [0.15, 0.2) is 12.1 Å². The molecule has 0 aliphatic heterocycles. The van der Waals surface area contributed by atoms with Crippen LogP contribution in [0.4, 0.5) is 15.8 Å². The Hall–Kier alpha value is -1.49. The van der Waals surface area contributed by atoms with E-state index < -0.39 is 23.3 Å². The maximum atomic E-state index is 13.6. The van der Waals surface area contributed by atoms with Gasteiger partial charge in [0.1, 0.15) is 18.0 Å². The van der Waals surface area contributed by atoms with E-state index in [1.807, 2.05) is 0 Å². The van der Waals surface area contributed by atoms with Crippen molar-refractivity contribution in [3.8, 4) is 0 Å². The smallest absolute Gasteiger partial charge is 0.323 e. The fraction of sp³-hybridized carbons (Fsp3) is 0.364. The van der Waals surface area contributed by atoms with Gasteiger partial charge in [0.25, 0.3) is 5.69 Å². The van der Waals surface area contributed by atoms with Gasteiger partial charge in [-0.05, 0) is 22.6 Å². The summed E-state index contributed by atoms with van der Waals surface area (Å²) in [5, 5.41) is 19.9. The van der Waals surface area contributed by atoms with Crippen LogP contribution < -0.4 is 4.90 Å². The second-order valence-corrected chi connectivity index (χ2v) is 4.98. The SMILES string of the molecule is COCCN(CC(=O)O)c1cc(F)c(I)cc1[N+](=O)[O-]. The summed E-state index contributed by atoms with van der Waals surface area (Å²) < 4.78 is 18.5. The third kappa shape index (κ3) is 4.27. The second-order valence-electron chi connectivity index (χ2n) is 3.82. The molecule has 1 aromatic rings. The van der Waals surface area contributed by atoms with Crippen LogP contribution in [0.5, 0.6) is 0 Å². The van der Waals surface area contributed by atoms with Crippen molar-refractivity contribution in [2.75, 3.05) is 31.7 Å². The molecule has 0 aliphatic carbocycles. The molecule has 0 bridgehead atoms. The van der Waals surface area contributed by atoms with Gasteiger partial charge in [-0.15, -0.1) is 0 Å². The quantitative estimate of drug-likeness (QED) is 0.429. The second kappa shape index (κ2) is 7.33. The largest absolute Gasteiger partial charge is 0.480 e. The first kappa shape index (κ1) is 16.6. The molecule has 1 aromatic carbocycles. The summed E-state index contributed by atoms with van der Waals surface area (Å²) in [6.07, 6.45) is 0. The molecular weight excluding hydrogens is 386 g/mol. The first-order chi connectivity index (χ1) is 9.36. The fourth-order valence-corrected chi connectivity index (χ4v) is 2.03. The summed E-state index contributed by atoms with van der Waals surface area (Å²) in [6.45, 7) is -0.216. The average Bonchev–Trinajstić information content (AvgIpc) is 2.36. The minimum Gasteiger partial charge on any atom is -0.480 e. The molecular formula is C11H12FIN2O5. The topological polar surface area (TPSA) is 92.9 Å². The van der Waals surface area contributed by atoms with Crippen LogP contribution in [-0.2, 0) is 9.53 Å². The van der Waals surface area contributed by atoms with Crippen molar-refractivity contribution in [3.63, 3.8) is 0 Å². The van der Waals surface area contributed by atoms with E-state index in [1.165, 1.54) is 12.0 Å². The van der Waals surface area contributed by atoms with Gasteiger partial charge in [-0.1, -0.05) is 0 Å². The summed E-state index contributed by atoms with van der Waals surface area (Å²) >= 11 is 1.64. The minimum atomic E-state index is -1.17. The number of carboxylic acids is 1. The Bertz CT molecular complexity index is 526. The van der Waals surface area contributed by atoms with Crippen LogP contribution in [0, 0.1) is 19.5 Å². The number of rotatable bonds is 7. The minimum absolute atomic E-state index is 0.0765. The van der Waals surface area contributed by atoms with E-state index in [2.05, 4.69) is 0 Å². The number of ether oxygens (including phenoxy) is 1. The molecule has 0 saturated carbocycles. The van der Waals surface area contributed by atoms with Crippen molar-refractivity contribution in [1.29, 1.82) is 0 Å². The number of nitro groups is 1. The fourth-order valence-electron chi connectivity index (χ4n) is 1.57. The van der Waals surface area contributed by atoms with Gasteiger partial charge >= 0.3 is 5.97 Å². The van der Waals surface area contributed by atoms with Gasteiger partial charge in [0.2, 0.25) is 0 Å². The summed E-state index contributed by atoms with van der Waals surface area (Å²) in [6, 6.07) is 2.05. The Labute approximate surface area is 127 Å². The normalized spacial score (nSPS) is 10.3. The molecule has 0 spiro atoms. The van der Waals surface area contributed by atoms with Gasteiger partial charge in [0.05, 0.1) is 15.1 Å². The molecule has 0 amide bonds. The molecule has 0 atom stereocenters. The highest BCUT2D eigenvalue weighted by Gasteiger charge is 2.23. The van der Waals surface area contributed by atoms with Crippen LogP contribution in [0.3, 0.4) is 0 Å². The zero-order chi connectivity index (χ0) is 15.3. The van der Waals surface area contributed by atoms with E-state index in [0.29, 0.717) is 0 Å². The van der Waals surface area contributed by atoms with Crippen LogP contribution in [0.1, 0.15) is 0 Å². The number of benzene rings is 1. The Morgan fingerprint density at radius 1 is 1.60 bits per heavy atom. The first-order valence-corrected chi connectivity index (χ1v) is 6.53. The van der Waals surface area contributed by atoms with Crippen molar-refractivity contribution < 1.29 is 24.0 Å². The number of carboxylic acid groups (broad SMARTS) is 1. The van der Waals surface area contributed by atoms with E-state index >= 15 is 0 Å². The molecule has 0 unspecified atom stereocenters. The van der Waals surface area contributed by atoms with Crippen LogP contribution in [0.2, 0.25) is 0 Å². The monoisotopic (exact) mass is 398 g/mol. The number of aliphatic carboxylic acids is 1. The predicted molar refractivity (Wildman–Crippen MR) is 77.5 cm³/mol. The Kier molecular flexibility index (Phi) is 6.07. The van der Waals surface area contributed by atoms with E-state index in [0.717, 1.165) is 12.1 Å². The number of nitro benzene ring substituents is 1. The highest BCUT2D eigenvalue weighted by atomic mass is 127. The number of hydrogen-bond acceptors (Lipinski definition) is 5. The van der Waals surface area contributed by atoms with Crippen LogP contribution in [-0.4, -0.2) is 42.8 Å². The number of halogens is 2. The molecule has 0 heterocycles. The number of nitrogens with zero attached hydrogens (tertiary/aromatic N) is 2. The summed E-state index contributed by atoms with van der Waals surface area (Å²) in [5.41, 5.74) is -0.416. The predicted octanol–water partition coefficient (Wildman–Crippen LogP) is 1.88.